The summed E-state index contributed by atoms with van der Waals surface area (Å²) in [5.74, 6) is -0.385. The lowest BCUT2D eigenvalue weighted by Crippen LogP contribution is -2.01. The van der Waals surface area contributed by atoms with E-state index in [9.17, 15) is 4.79 Å². The molecular weight excluding hydrogens is 164 g/mol. The molecule has 1 heterocycles. The average molecular weight is 172 g/mol. The second kappa shape index (κ2) is 3.50. The fraction of sp³-hybridized carbons (Fsp3) is 0.286. The molecule has 60 valence electrons. The van der Waals surface area contributed by atoms with Crippen molar-refractivity contribution in [3.05, 3.63) is 21.9 Å². The molecule has 0 aliphatic heterocycles. The van der Waals surface area contributed by atoms with Crippen molar-refractivity contribution in [1.82, 2.24) is 0 Å². The Bertz CT molecular complexity index is 254. The highest BCUT2D eigenvalue weighted by molar-refractivity contribution is 7.12. The van der Waals surface area contributed by atoms with Crippen LogP contribution in [0.2, 0.25) is 0 Å². The number of ether oxygens (including phenoxy) is 1. The lowest BCUT2D eigenvalue weighted by Gasteiger charge is -1.96. The van der Waals surface area contributed by atoms with E-state index >= 15 is 0 Å². The van der Waals surface area contributed by atoms with E-state index in [0.717, 1.165) is 0 Å². The zero-order valence-corrected chi connectivity index (χ0v) is 6.85. The van der Waals surface area contributed by atoms with Crippen molar-refractivity contribution in [2.45, 2.75) is 6.61 Å². The molecule has 4 heteroatoms. The van der Waals surface area contributed by atoms with E-state index < -0.39 is 0 Å². The standard InChI is InChI=1S/C7H8O3S/c1-10-7(9)6-5(4-8)2-3-11-6/h2-3,8H,4H2,1H3. The first-order valence-electron chi connectivity index (χ1n) is 3.05. The molecule has 0 saturated heterocycles. The fourth-order valence-electron chi connectivity index (χ4n) is 0.732. The van der Waals surface area contributed by atoms with Crippen molar-refractivity contribution in [2.24, 2.45) is 0 Å². The molecule has 0 unspecified atom stereocenters. The third-order valence-electron chi connectivity index (χ3n) is 1.29. The van der Waals surface area contributed by atoms with E-state index in [0.29, 0.717) is 10.4 Å². The summed E-state index contributed by atoms with van der Waals surface area (Å²) in [6.45, 7) is -0.117. The number of hydrogen-bond donors (Lipinski definition) is 1. The Morgan fingerprint density at radius 2 is 2.55 bits per heavy atom. The predicted molar refractivity (Wildman–Crippen MR) is 41.6 cm³/mol. The van der Waals surface area contributed by atoms with E-state index in [-0.39, 0.29) is 12.6 Å². The SMILES string of the molecule is COC(=O)c1sccc1CO. The number of esters is 1. The van der Waals surface area contributed by atoms with Crippen molar-refractivity contribution in [3.8, 4) is 0 Å². The van der Waals surface area contributed by atoms with Crippen molar-refractivity contribution in [1.29, 1.82) is 0 Å². The summed E-state index contributed by atoms with van der Waals surface area (Å²) in [7, 11) is 1.32. The molecule has 0 fully saturated rings. The first-order valence-corrected chi connectivity index (χ1v) is 3.93. The Kier molecular flexibility index (Phi) is 2.62. The first-order chi connectivity index (χ1) is 5.29. The summed E-state index contributed by atoms with van der Waals surface area (Å²) < 4.78 is 4.50. The summed E-state index contributed by atoms with van der Waals surface area (Å²) in [4.78, 5) is 11.4. The lowest BCUT2D eigenvalue weighted by molar-refractivity contribution is 0.0603. The molecule has 1 aromatic rings. The van der Waals surface area contributed by atoms with Crippen LogP contribution in [0.4, 0.5) is 0 Å². The summed E-state index contributed by atoms with van der Waals surface area (Å²) in [5, 5.41) is 10.5. The molecule has 1 aromatic heterocycles. The van der Waals surface area contributed by atoms with Gasteiger partial charge in [0.25, 0.3) is 0 Å². The third kappa shape index (κ3) is 1.58. The number of thiophene rings is 1. The number of hydrogen-bond acceptors (Lipinski definition) is 4. The molecule has 3 nitrogen and oxygen atoms in total. The second-order valence-corrected chi connectivity index (χ2v) is 2.84. The zero-order valence-electron chi connectivity index (χ0n) is 6.03. The molecule has 1 N–H and O–H groups in total. The molecule has 0 radical (unpaired) electrons. The number of aliphatic hydroxyl groups is 1. The zero-order chi connectivity index (χ0) is 8.27. The van der Waals surface area contributed by atoms with Gasteiger partial charge in [-0.2, -0.15) is 0 Å². The highest BCUT2D eigenvalue weighted by atomic mass is 32.1. The minimum atomic E-state index is -0.385. The Hall–Kier alpha value is -0.870. The van der Waals surface area contributed by atoms with E-state index in [1.165, 1.54) is 18.4 Å². The molecule has 0 aromatic carbocycles. The number of carbonyl (C=O) groups excluding carboxylic acids is 1. The maximum Gasteiger partial charge on any atom is 0.348 e. The van der Waals surface area contributed by atoms with E-state index in [1.54, 1.807) is 11.4 Å². The van der Waals surface area contributed by atoms with Gasteiger partial charge in [0.1, 0.15) is 4.88 Å². The van der Waals surface area contributed by atoms with Crippen LogP contribution >= 0.6 is 11.3 Å². The number of carbonyl (C=O) groups is 1. The maximum absolute atomic E-state index is 10.9. The van der Waals surface area contributed by atoms with Gasteiger partial charge in [-0.05, 0) is 11.4 Å². The van der Waals surface area contributed by atoms with Gasteiger partial charge in [0.2, 0.25) is 0 Å². The van der Waals surface area contributed by atoms with Crippen LogP contribution in [0.3, 0.4) is 0 Å². The van der Waals surface area contributed by atoms with Crippen LogP contribution in [0.15, 0.2) is 11.4 Å². The Morgan fingerprint density at radius 3 is 3.09 bits per heavy atom. The number of aliphatic hydroxyl groups excluding tert-OH is 1. The van der Waals surface area contributed by atoms with Crippen LogP contribution in [0.25, 0.3) is 0 Å². The van der Waals surface area contributed by atoms with Gasteiger partial charge in [0, 0.05) is 5.56 Å². The smallest absolute Gasteiger partial charge is 0.348 e. The van der Waals surface area contributed by atoms with Crippen LogP contribution in [-0.2, 0) is 11.3 Å². The molecule has 11 heavy (non-hydrogen) atoms. The van der Waals surface area contributed by atoms with Crippen LogP contribution in [-0.4, -0.2) is 18.2 Å². The third-order valence-corrected chi connectivity index (χ3v) is 2.22. The Balaban J connectivity index is 2.92. The van der Waals surface area contributed by atoms with Gasteiger partial charge in [-0.3, -0.25) is 0 Å². The molecule has 1 rings (SSSR count). The fourth-order valence-corrected chi connectivity index (χ4v) is 1.56. The van der Waals surface area contributed by atoms with Gasteiger partial charge in [-0.1, -0.05) is 0 Å². The van der Waals surface area contributed by atoms with E-state index in [4.69, 9.17) is 5.11 Å². The monoisotopic (exact) mass is 172 g/mol. The maximum atomic E-state index is 10.9. The van der Waals surface area contributed by atoms with Crippen LogP contribution < -0.4 is 0 Å². The normalized spacial score (nSPS) is 9.64. The first kappa shape index (κ1) is 8.23. The van der Waals surface area contributed by atoms with Gasteiger partial charge in [-0.15, -0.1) is 11.3 Å². The predicted octanol–water partition coefficient (Wildman–Crippen LogP) is 1.03. The van der Waals surface area contributed by atoms with Gasteiger partial charge in [-0.25, -0.2) is 4.79 Å². The quantitative estimate of drug-likeness (QED) is 0.678. The van der Waals surface area contributed by atoms with Crippen molar-refractivity contribution >= 4 is 17.3 Å². The molecule has 0 atom stereocenters. The Labute approximate surface area is 68.2 Å². The molecule has 0 bridgehead atoms. The highest BCUT2D eigenvalue weighted by Gasteiger charge is 2.11. The van der Waals surface area contributed by atoms with Gasteiger partial charge in [0.05, 0.1) is 13.7 Å². The van der Waals surface area contributed by atoms with Crippen molar-refractivity contribution in [2.75, 3.05) is 7.11 Å². The second-order valence-electron chi connectivity index (χ2n) is 1.92. The molecule has 0 aliphatic rings. The number of rotatable bonds is 2. The summed E-state index contributed by atoms with van der Waals surface area (Å²) in [6, 6.07) is 1.71. The molecule has 0 aliphatic carbocycles. The lowest BCUT2D eigenvalue weighted by atomic mass is 10.3. The molecular formula is C7H8O3S. The van der Waals surface area contributed by atoms with Crippen LogP contribution in [0.5, 0.6) is 0 Å². The largest absolute Gasteiger partial charge is 0.465 e. The van der Waals surface area contributed by atoms with Crippen molar-refractivity contribution < 1.29 is 14.6 Å². The molecule has 0 amide bonds. The van der Waals surface area contributed by atoms with Gasteiger partial charge in [0.15, 0.2) is 0 Å². The van der Waals surface area contributed by atoms with Crippen molar-refractivity contribution in [3.63, 3.8) is 0 Å². The van der Waals surface area contributed by atoms with Gasteiger partial charge < -0.3 is 9.84 Å². The highest BCUT2D eigenvalue weighted by Crippen LogP contribution is 2.17. The number of methoxy groups -OCH3 is 1. The van der Waals surface area contributed by atoms with Gasteiger partial charge >= 0.3 is 5.97 Å². The topological polar surface area (TPSA) is 46.5 Å². The summed E-state index contributed by atoms with van der Waals surface area (Å²) in [6.07, 6.45) is 0. The molecule has 0 saturated carbocycles. The Morgan fingerprint density at radius 1 is 1.82 bits per heavy atom. The van der Waals surface area contributed by atoms with Crippen LogP contribution in [0.1, 0.15) is 15.2 Å². The van der Waals surface area contributed by atoms with E-state index in [1.807, 2.05) is 0 Å². The minimum absolute atomic E-state index is 0.117. The average Bonchev–Trinajstić information content (AvgIpc) is 2.50. The molecule has 0 spiro atoms. The summed E-state index contributed by atoms with van der Waals surface area (Å²) in [5.41, 5.74) is 0.627. The van der Waals surface area contributed by atoms with E-state index in [2.05, 4.69) is 4.74 Å². The summed E-state index contributed by atoms with van der Waals surface area (Å²) >= 11 is 1.27. The van der Waals surface area contributed by atoms with Crippen LogP contribution in [0, 0.1) is 0 Å². The minimum Gasteiger partial charge on any atom is -0.465 e.